The van der Waals surface area contributed by atoms with Crippen LogP contribution in [0.1, 0.15) is 23.6 Å². The van der Waals surface area contributed by atoms with Crippen LogP contribution in [-0.4, -0.2) is 42.0 Å². The SMILES string of the molecule is COCCCN1C(=O)C(O)=C(C(=O)C=Cc2ccccc2)C1c1ccc(Br)cc1. The van der Waals surface area contributed by atoms with Crippen LogP contribution < -0.4 is 0 Å². The van der Waals surface area contributed by atoms with Crippen LogP contribution in [0, 0.1) is 0 Å². The predicted molar refractivity (Wildman–Crippen MR) is 115 cm³/mol. The van der Waals surface area contributed by atoms with Crippen LogP contribution in [0.2, 0.25) is 0 Å². The van der Waals surface area contributed by atoms with Crippen LogP contribution >= 0.6 is 15.9 Å². The highest BCUT2D eigenvalue weighted by molar-refractivity contribution is 9.10. The van der Waals surface area contributed by atoms with Crippen molar-refractivity contribution in [2.45, 2.75) is 12.5 Å². The number of halogens is 1. The Hall–Kier alpha value is -2.70. The third-order valence-corrected chi connectivity index (χ3v) is 5.26. The maximum Gasteiger partial charge on any atom is 0.290 e. The molecule has 0 radical (unpaired) electrons. The van der Waals surface area contributed by atoms with Gasteiger partial charge in [0, 0.05) is 24.7 Å². The van der Waals surface area contributed by atoms with Crippen molar-refractivity contribution in [1.29, 1.82) is 0 Å². The molecule has 0 spiro atoms. The minimum absolute atomic E-state index is 0.0990. The quantitative estimate of drug-likeness (QED) is 0.471. The van der Waals surface area contributed by atoms with Gasteiger partial charge in [-0.15, -0.1) is 0 Å². The first-order valence-corrected chi connectivity index (χ1v) is 10.1. The van der Waals surface area contributed by atoms with Crippen molar-refractivity contribution in [1.82, 2.24) is 4.90 Å². The largest absolute Gasteiger partial charge is 0.503 e. The van der Waals surface area contributed by atoms with Gasteiger partial charge in [0.15, 0.2) is 11.5 Å². The summed E-state index contributed by atoms with van der Waals surface area (Å²) < 4.78 is 5.97. The van der Waals surface area contributed by atoms with Crippen molar-refractivity contribution in [3.8, 4) is 0 Å². The van der Waals surface area contributed by atoms with E-state index in [2.05, 4.69) is 15.9 Å². The zero-order valence-electron chi connectivity index (χ0n) is 16.0. The Bertz CT molecular complexity index is 935. The van der Waals surface area contributed by atoms with E-state index >= 15 is 0 Å². The van der Waals surface area contributed by atoms with Crippen LogP contribution in [0.4, 0.5) is 0 Å². The van der Waals surface area contributed by atoms with Gasteiger partial charge < -0.3 is 14.7 Å². The molecule has 1 aliphatic rings. The summed E-state index contributed by atoms with van der Waals surface area (Å²) in [6.45, 7) is 0.853. The first-order valence-electron chi connectivity index (χ1n) is 9.29. The molecule has 1 unspecified atom stereocenters. The number of nitrogens with zero attached hydrogens (tertiary/aromatic N) is 1. The Balaban J connectivity index is 1.94. The highest BCUT2D eigenvalue weighted by atomic mass is 79.9. The topological polar surface area (TPSA) is 66.8 Å². The van der Waals surface area contributed by atoms with E-state index in [-0.39, 0.29) is 11.4 Å². The number of allylic oxidation sites excluding steroid dienone is 1. The summed E-state index contributed by atoms with van der Waals surface area (Å²) in [5.74, 6) is -1.41. The van der Waals surface area contributed by atoms with E-state index in [1.807, 2.05) is 54.6 Å². The number of rotatable bonds is 8. The van der Waals surface area contributed by atoms with Crippen molar-refractivity contribution in [3.63, 3.8) is 0 Å². The minimum Gasteiger partial charge on any atom is -0.503 e. The maximum absolute atomic E-state index is 13.0. The molecule has 29 heavy (non-hydrogen) atoms. The fourth-order valence-corrected chi connectivity index (χ4v) is 3.60. The summed E-state index contributed by atoms with van der Waals surface area (Å²) in [5.41, 5.74) is 1.73. The molecular formula is C23H22BrNO4. The van der Waals surface area contributed by atoms with Crippen LogP contribution in [-0.2, 0) is 14.3 Å². The average molecular weight is 456 g/mol. The van der Waals surface area contributed by atoms with Crippen molar-refractivity contribution in [3.05, 3.63) is 87.6 Å². The number of ketones is 1. The lowest BCUT2D eigenvalue weighted by Gasteiger charge is -2.26. The molecule has 0 saturated heterocycles. The number of hydrogen-bond donors (Lipinski definition) is 1. The van der Waals surface area contributed by atoms with Gasteiger partial charge in [-0.3, -0.25) is 9.59 Å². The second kappa shape index (κ2) is 9.67. The third-order valence-electron chi connectivity index (χ3n) is 4.73. The normalized spacial score (nSPS) is 16.8. The molecule has 2 aromatic rings. The predicted octanol–water partition coefficient (Wildman–Crippen LogP) is 4.46. The molecule has 1 aliphatic heterocycles. The lowest BCUT2D eigenvalue weighted by Crippen LogP contribution is -2.32. The van der Waals surface area contributed by atoms with E-state index in [4.69, 9.17) is 4.74 Å². The molecule has 0 fully saturated rings. The first kappa shape index (κ1) is 21.0. The smallest absolute Gasteiger partial charge is 0.290 e. The van der Waals surface area contributed by atoms with Gasteiger partial charge in [-0.25, -0.2) is 0 Å². The third kappa shape index (κ3) is 4.83. The Kier molecular flexibility index (Phi) is 7.01. The van der Waals surface area contributed by atoms with Crippen LogP contribution in [0.15, 0.2) is 76.5 Å². The van der Waals surface area contributed by atoms with E-state index in [9.17, 15) is 14.7 Å². The highest BCUT2D eigenvalue weighted by Gasteiger charge is 2.42. The van der Waals surface area contributed by atoms with E-state index in [1.165, 1.54) is 11.0 Å². The van der Waals surface area contributed by atoms with Crippen molar-refractivity contribution in [2.24, 2.45) is 0 Å². The molecule has 150 valence electrons. The number of aliphatic hydroxyl groups is 1. The average Bonchev–Trinajstić information content (AvgIpc) is 2.98. The maximum atomic E-state index is 13.0. The van der Waals surface area contributed by atoms with Crippen LogP contribution in [0.3, 0.4) is 0 Å². The van der Waals surface area contributed by atoms with Gasteiger partial charge in [0.2, 0.25) is 0 Å². The molecule has 6 heteroatoms. The molecule has 0 bridgehead atoms. The fraction of sp³-hybridized carbons (Fsp3) is 0.217. The number of carbonyl (C=O) groups excluding carboxylic acids is 2. The zero-order valence-corrected chi connectivity index (χ0v) is 17.6. The molecule has 3 rings (SSSR count). The van der Waals surface area contributed by atoms with Crippen LogP contribution in [0.5, 0.6) is 0 Å². The van der Waals surface area contributed by atoms with Gasteiger partial charge in [0.05, 0.1) is 11.6 Å². The van der Waals surface area contributed by atoms with Crippen molar-refractivity contribution >= 4 is 33.7 Å². The highest BCUT2D eigenvalue weighted by Crippen LogP contribution is 2.38. The second-order valence-electron chi connectivity index (χ2n) is 6.67. The van der Waals surface area contributed by atoms with Crippen LogP contribution in [0.25, 0.3) is 6.08 Å². The Morgan fingerprint density at radius 3 is 2.52 bits per heavy atom. The van der Waals surface area contributed by atoms with Crippen molar-refractivity contribution in [2.75, 3.05) is 20.3 Å². The van der Waals surface area contributed by atoms with Gasteiger partial charge in [0.25, 0.3) is 5.91 Å². The lowest BCUT2D eigenvalue weighted by atomic mass is 9.95. The summed E-state index contributed by atoms with van der Waals surface area (Å²) in [5, 5.41) is 10.5. The van der Waals surface area contributed by atoms with Gasteiger partial charge in [-0.1, -0.05) is 64.5 Å². The number of hydrogen-bond acceptors (Lipinski definition) is 4. The fourth-order valence-electron chi connectivity index (χ4n) is 3.33. The Morgan fingerprint density at radius 1 is 1.17 bits per heavy atom. The van der Waals surface area contributed by atoms with E-state index in [0.717, 1.165) is 15.6 Å². The van der Waals surface area contributed by atoms with E-state index in [0.29, 0.717) is 19.6 Å². The molecule has 1 N–H and O–H groups in total. The molecule has 1 atom stereocenters. The number of aliphatic hydroxyl groups excluding tert-OH is 1. The molecule has 0 aromatic heterocycles. The number of amides is 1. The second-order valence-corrected chi connectivity index (χ2v) is 7.59. The number of carbonyl (C=O) groups is 2. The van der Waals surface area contributed by atoms with Crippen molar-refractivity contribution < 1.29 is 19.4 Å². The number of benzene rings is 2. The summed E-state index contributed by atoms with van der Waals surface area (Å²) in [4.78, 5) is 27.2. The first-order chi connectivity index (χ1) is 14.0. The summed E-state index contributed by atoms with van der Waals surface area (Å²) in [6, 6.07) is 16.2. The molecule has 2 aromatic carbocycles. The number of methoxy groups -OCH3 is 1. The molecule has 0 aliphatic carbocycles. The summed E-state index contributed by atoms with van der Waals surface area (Å²) in [6.07, 6.45) is 3.68. The van der Waals surface area contributed by atoms with Gasteiger partial charge >= 0.3 is 0 Å². The lowest BCUT2D eigenvalue weighted by molar-refractivity contribution is -0.129. The monoisotopic (exact) mass is 455 g/mol. The molecule has 5 nitrogen and oxygen atoms in total. The Labute approximate surface area is 178 Å². The molecule has 1 amide bonds. The molecule has 1 heterocycles. The summed E-state index contributed by atoms with van der Waals surface area (Å²) in [7, 11) is 1.59. The zero-order chi connectivity index (χ0) is 20.8. The Morgan fingerprint density at radius 2 is 1.86 bits per heavy atom. The molecular weight excluding hydrogens is 434 g/mol. The van der Waals surface area contributed by atoms with Gasteiger partial charge in [-0.05, 0) is 35.8 Å². The number of ether oxygens (including phenoxy) is 1. The van der Waals surface area contributed by atoms with Gasteiger partial charge in [0.1, 0.15) is 0 Å². The molecule has 0 saturated carbocycles. The van der Waals surface area contributed by atoms with Gasteiger partial charge in [-0.2, -0.15) is 0 Å². The minimum atomic E-state index is -0.639. The summed E-state index contributed by atoms with van der Waals surface area (Å²) >= 11 is 3.40. The van der Waals surface area contributed by atoms with E-state index < -0.39 is 17.7 Å². The van der Waals surface area contributed by atoms with E-state index in [1.54, 1.807) is 13.2 Å². The standard InChI is InChI=1S/C23H22BrNO4/c1-29-15-5-14-25-21(17-9-11-18(24)12-10-17)20(22(27)23(25)28)19(26)13-8-16-6-3-2-4-7-16/h2-4,6-13,21,27H,5,14-15H2,1H3.